The number of carbonyl (C=O) groups is 2. The molecule has 1 rings (SSSR count). The maximum Gasteiger partial charge on any atom is 0.321 e. The van der Waals surface area contributed by atoms with E-state index in [1.807, 2.05) is 4.72 Å². The van der Waals surface area contributed by atoms with Gasteiger partial charge in [0.25, 0.3) is 0 Å². The first-order chi connectivity index (χ1) is 9.13. The Labute approximate surface area is 128 Å². The lowest BCUT2D eigenvalue weighted by molar-refractivity contribution is -0.140. The molecule has 0 saturated heterocycles. The lowest BCUT2D eigenvalue weighted by Crippen LogP contribution is -2.41. The Bertz CT molecular complexity index is 626. The van der Waals surface area contributed by atoms with Crippen molar-refractivity contribution in [2.45, 2.75) is 23.8 Å². The molecule has 1 atom stereocenters. The summed E-state index contributed by atoms with van der Waals surface area (Å²) in [6.07, 6.45) is -0.878. The second-order valence-electron chi connectivity index (χ2n) is 3.63. The molecular formula is C9H9Cl2NO6S2. The minimum absolute atomic E-state index is 0.107. The van der Waals surface area contributed by atoms with Crippen molar-refractivity contribution >= 4 is 56.5 Å². The monoisotopic (exact) mass is 361 g/mol. The molecule has 0 aromatic carbocycles. The second kappa shape index (κ2) is 6.72. The summed E-state index contributed by atoms with van der Waals surface area (Å²) in [6.45, 7) is 0. The summed E-state index contributed by atoms with van der Waals surface area (Å²) in [7, 11) is -4.19. The van der Waals surface area contributed by atoms with E-state index in [2.05, 4.69) is 0 Å². The van der Waals surface area contributed by atoms with Crippen molar-refractivity contribution in [2.75, 3.05) is 0 Å². The van der Waals surface area contributed by atoms with Crippen LogP contribution < -0.4 is 4.72 Å². The van der Waals surface area contributed by atoms with Gasteiger partial charge in [0.2, 0.25) is 10.0 Å². The predicted molar refractivity (Wildman–Crippen MR) is 73.0 cm³/mol. The van der Waals surface area contributed by atoms with Gasteiger partial charge in [-0.25, -0.2) is 8.42 Å². The summed E-state index contributed by atoms with van der Waals surface area (Å²) in [5.41, 5.74) is 0. The molecule has 0 saturated carbocycles. The van der Waals surface area contributed by atoms with Crippen LogP contribution in [0.15, 0.2) is 11.0 Å². The molecule has 11 heteroatoms. The highest BCUT2D eigenvalue weighted by atomic mass is 35.5. The minimum Gasteiger partial charge on any atom is -0.481 e. The lowest BCUT2D eigenvalue weighted by atomic mass is 10.2. The first-order valence-electron chi connectivity index (χ1n) is 5.05. The summed E-state index contributed by atoms with van der Waals surface area (Å²) in [5.74, 6) is -2.71. The van der Waals surface area contributed by atoms with Gasteiger partial charge in [-0.05, 0) is 12.5 Å². The van der Waals surface area contributed by atoms with Gasteiger partial charge >= 0.3 is 11.9 Å². The molecule has 20 heavy (non-hydrogen) atoms. The van der Waals surface area contributed by atoms with Crippen molar-refractivity contribution < 1.29 is 28.2 Å². The number of carboxylic acids is 2. The van der Waals surface area contributed by atoms with Crippen LogP contribution in [0.2, 0.25) is 8.67 Å². The molecular weight excluding hydrogens is 353 g/mol. The van der Waals surface area contributed by atoms with Crippen molar-refractivity contribution in [3.05, 3.63) is 14.7 Å². The average Bonchev–Trinajstić information content (AvgIpc) is 2.64. The number of nitrogens with one attached hydrogen (secondary N) is 1. The number of thiophene rings is 1. The number of rotatable bonds is 7. The maximum absolute atomic E-state index is 12.0. The molecule has 1 aromatic rings. The van der Waals surface area contributed by atoms with Crippen molar-refractivity contribution in [3.63, 3.8) is 0 Å². The molecule has 0 fully saturated rings. The van der Waals surface area contributed by atoms with Crippen LogP contribution in [0.5, 0.6) is 0 Å². The van der Waals surface area contributed by atoms with E-state index < -0.39 is 34.4 Å². The van der Waals surface area contributed by atoms with Gasteiger partial charge in [0.15, 0.2) is 0 Å². The summed E-state index contributed by atoms with van der Waals surface area (Å²) in [6, 6.07) is -0.474. The van der Waals surface area contributed by atoms with Gasteiger partial charge in [-0.3, -0.25) is 9.59 Å². The quantitative estimate of drug-likeness (QED) is 0.678. The number of hydrogen-bond donors (Lipinski definition) is 3. The van der Waals surface area contributed by atoms with E-state index in [0.29, 0.717) is 0 Å². The van der Waals surface area contributed by atoms with Crippen LogP contribution in [-0.2, 0) is 19.6 Å². The number of carboxylic acid groups (broad SMARTS) is 2. The van der Waals surface area contributed by atoms with E-state index in [1.54, 1.807) is 0 Å². The van der Waals surface area contributed by atoms with E-state index in [0.717, 1.165) is 17.4 Å². The Kier molecular flexibility index (Phi) is 5.78. The Hall–Kier alpha value is -0.870. The van der Waals surface area contributed by atoms with Crippen LogP contribution in [0.1, 0.15) is 12.8 Å². The molecule has 0 aliphatic carbocycles. The molecule has 0 bridgehead atoms. The number of aliphatic carboxylic acids is 2. The second-order valence-corrected chi connectivity index (χ2v) is 7.60. The fraction of sp³-hybridized carbons (Fsp3) is 0.333. The zero-order valence-electron chi connectivity index (χ0n) is 9.67. The Morgan fingerprint density at radius 2 is 1.95 bits per heavy atom. The molecule has 3 N–H and O–H groups in total. The third kappa shape index (κ3) is 4.60. The lowest BCUT2D eigenvalue weighted by Gasteiger charge is -2.13. The van der Waals surface area contributed by atoms with E-state index >= 15 is 0 Å². The SMILES string of the molecule is O=C(O)CCC(NS(=O)(=O)c1cc(Cl)sc1Cl)C(=O)O. The largest absolute Gasteiger partial charge is 0.481 e. The number of halogens is 2. The van der Waals surface area contributed by atoms with Gasteiger partial charge in [0.1, 0.15) is 15.3 Å². The van der Waals surface area contributed by atoms with Gasteiger partial charge in [-0.15, -0.1) is 11.3 Å². The summed E-state index contributed by atoms with van der Waals surface area (Å²) < 4.78 is 25.9. The molecule has 1 aromatic heterocycles. The van der Waals surface area contributed by atoms with Crippen LogP contribution in [0.25, 0.3) is 0 Å². The van der Waals surface area contributed by atoms with Gasteiger partial charge < -0.3 is 10.2 Å². The highest BCUT2D eigenvalue weighted by molar-refractivity contribution is 7.89. The van der Waals surface area contributed by atoms with E-state index in [4.69, 9.17) is 33.4 Å². The summed E-state index contributed by atoms with van der Waals surface area (Å²) in [5, 5.41) is 17.4. The third-order valence-electron chi connectivity index (χ3n) is 2.16. The van der Waals surface area contributed by atoms with Gasteiger partial charge in [-0.1, -0.05) is 23.2 Å². The molecule has 1 heterocycles. The molecule has 0 spiro atoms. The van der Waals surface area contributed by atoms with Crippen molar-refractivity contribution in [3.8, 4) is 0 Å². The maximum atomic E-state index is 12.0. The van der Waals surface area contributed by atoms with Crippen molar-refractivity contribution in [1.82, 2.24) is 4.72 Å². The average molecular weight is 362 g/mol. The molecule has 7 nitrogen and oxygen atoms in total. The van der Waals surface area contributed by atoms with Crippen molar-refractivity contribution in [1.29, 1.82) is 0 Å². The van der Waals surface area contributed by atoms with Crippen LogP contribution in [-0.4, -0.2) is 36.6 Å². The Morgan fingerprint density at radius 3 is 2.35 bits per heavy atom. The third-order valence-corrected chi connectivity index (χ3v) is 5.38. The molecule has 0 amide bonds. The van der Waals surface area contributed by atoms with Crippen molar-refractivity contribution in [2.24, 2.45) is 0 Å². The fourth-order valence-electron chi connectivity index (χ4n) is 1.26. The van der Waals surface area contributed by atoms with E-state index in [9.17, 15) is 18.0 Å². The highest BCUT2D eigenvalue weighted by Gasteiger charge is 2.28. The van der Waals surface area contributed by atoms with Crippen LogP contribution in [0.3, 0.4) is 0 Å². The first-order valence-corrected chi connectivity index (χ1v) is 8.11. The van der Waals surface area contributed by atoms with Gasteiger partial charge in [0, 0.05) is 6.42 Å². The highest BCUT2D eigenvalue weighted by Crippen LogP contribution is 2.34. The number of hydrogen-bond acceptors (Lipinski definition) is 5. The minimum atomic E-state index is -4.19. The smallest absolute Gasteiger partial charge is 0.321 e. The predicted octanol–water partition coefficient (Wildman–Crippen LogP) is 1.65. The zero-order chi connectivity index (χ0) is 15.5. The summed E-state index contributed by atoms with van der Waals surface area (Å²) in [4.78, 5) is 21.0. The molecule has 0 radical (unpaired) electrons. The molecule has 0 aliphatic heterocycles. The Balaban J connectivity index is 2.94. The summed E-state index contributed by atoms with van der Waals surface area (Å²) >= 11 is 12.1. The van der Waals surface area contributed by atoms with Crippen LogP contribution >= 0.6 is 34.5 Å². The van der Waals surface area contributed by atoms with Gasteiger partial charge in [0.05, 0.1) is 4.34 Å². The zero-order valence-corrected chi connectivity index (χ0v) is 12.8. The van der Waals surface area contributed by atoms with E-state index in [1.165, 1.54) is 0 Å². The van der Waals surface area contributed by atoms with E-state index in [-0.39, 0.29) is 20.0 Å². The first kappa shape index (κ1) is 17.2. The number of sulfonamides is 1. The molecule has 1 unspecified atom stereocenters. The Morgan fingerprint density at radius 1 is 1.35 bits per heavy atom. The topological polar surface area (TPSA) is 121 Å². The van der Waals surface area contributed by atoms with Crippen LogP contribution in [0, 0.1) is 0 Å². The fourth-order valence-corrected chi connectivity index (χ4v) is 4.63. The molecule has 0 aliphatic rings. The van der Waals surface area contributed by atoms with Crippen LogP contribution in [0.4, 0.5) is 0 Å². The molecule has 112 valence electrons. The van der Waals surface area contributed by atoms with Gasteiger partial charge in [-0.2, -0.15) is 4.72 Å². The standard InChI is InChI=1S/C9H9Cl2NO6S2/c10-6-3-5(8(11)19-6)20(17,18)12-4(9(15)16)1-2-7(13)14/h3-4,12H,1-2H2,(H,13,14)(H,15,16). The normalized spacial score (nSPS) is 13.1.